The Balaban J connectivity index is 1.71. The average Bonchev–Trinajstić information content (AvgIpc) is 2.93. The first-order chi connectivity index (χ1) is 9.60. The van der Waals surface area contributed by atoms with Crippen LogP contribution in [0, 0.1) is 0 Å². The van der Waals surface area contributed by atoms with E-state index in [0.717, 1.165) is 23.3 Å². The van der Waals surface area contributed by atoms with Gasteiger partial charge in [-0.05, 0) is 24.7 Å². The molecule has 6 heteroatoms. The Kier molecular flexibility index (Phi) is 3.42. The van der Waals surface area contributed by atoms with Gasteiger partial charge in [-0.25, -0.2) is 4.98 Å². The van der Waals surface area contributed by atoms with Gasteiger partial charge in [-0.15, -0.1) is 0 Å². The van der Waals surface area contributed by atoms with E-state index in [1.807, 2.05) is 30.2 Å². The zero-order valence-corrected chi connectivity index (χ0v) is 12.4. The maximum Gasteiger partial charge on any atom is 0.181 e. The smallest absolute Gasteiger partial charge is 0.181 e. The molecule has 0 bridgehead atoms. The van der Waals surface area contributed by atoms with Gasteiger partial charge in [0.2, 0.25) is 0 Å². The van der Waals surface area contributed by atoms with E-state index >= 15 is 0 Å². The average molecular weight is 287 g/mol. The van der Waals surface area contributed by atoms with E-state index in [0.29, 0.717) is 5.13 Å². The predicted molar refractivity (Wildman–Crippen MR) is 82.4 cm³/mol. The minimum Gasteiger partial charge on any atom is -0.375 e. The first-order valence-electron chi connectivity index (χ1n) is 6.41. The molecule has 0 saturated carbocycles. The van der Waals surface area contributed by atoms with Crippen molar-refractivity contribution in [1.82, 2.24) is 19.7 Å². The molecule has 5 nitrogen and oxygen atoms in total. The molecule has 2 heterocycles. The van der Waals surface area contributed by atoms with E-state index in [2.05, 4.69) is 34.2 Å². The van der Waals surface area contributed by atoms with Crippen molar-refractivity contribution in [3.8, 4) is 0 Å². The molecule has 0 aliphatic carbocycles. The van der Waals surface area contributed by atoms with Crippen molar-refractivity contribution in [2.24, 2.45) is 7.05 Å². The molecular weight excluding hydrogens is 270 g/mol. The van der Waals surface area contributed by atoms with E-state index < -0.39 is 0 Å². The Morgan fingerprint density at radius 3 is 2.85 bits per heavy atom. The standard InChI is InChI=1S/C14H17N5S/c1-18(8-11-6-16-19(2)9-11)7-10-3-4-12-13(5-10)20-14(15)17-12/h3-6,9H,7-8H2,1-2H3,(H2,15,17). The Bertz CT molecular complexity index is 730. The highest BCUT2D eigenvalue weighted by atomic mass is 32.1. The van der Waals surface area contributed by atoms with Gasteiger partial charge in [0.15, 0.2) is 5.13 Å². The quantitative estimate of drug-likeness (QED) is 0.799. The van der Waals surface area contributed by atoms with Crippen LogP contribution >= 0.6 is 11.3 Å². The highest BCUT2D eigenvalue weighted by Crippen LogP contribution is 2.25. The number of hydrogen-bond acceptors (Lipinski definition) is 5. The minimum atomic E-state index is 0.626. The van der Waals surface area contributed by atoms with Crippen molar-refractivity contribution in [2.75, 3.05) is 12.8 Å². The molecule has 1 aromatic carbocycles. The van der Waals surface area contributed by atoms with Crippen molar-refractivity contribution >= 4 is 26.7 Å². The van der Waals surface area contributed by atoms with Crippen molar-refractivity contribution in [2.45, 2.75) is 13.1 Å². The lowest BCUT2D eigenvalue weighted by atomic mass is 10.2. The van der Waals surface area contributed by atoms with Gasteiger partial charge in [-0.3, -0.25) is 9.58 Å². The molecule has 20 heavy (non-hydrogen) atoms. The molecule has 104 valence electrons. The lowest BCUT2D eigenvalue weighted by Gasteiger charge is -2.15. The van der Waals surface area contributed by atoms with Crippen LogP contribution in [0.25, 0.3) is 10.2 Å². The summed E-state index contributed by atoms with van der Waals surface area (Å²) in [7, 11) is 4.05. The highest BCUT2D eigenvalue weighted by Gasteiger charge is 2.06. The van der Waals surface area contributed by atoms with Gasteiger partial charge in [-0.1, -0.05) is 17.4 Å². The molecule has 0 spiro atoms. The molecule has 0 radical (unpaired) electrons. The number of rotatable bonds is 4. The number of fused-ring (bicyclic) bond motifs is 1. The maximum atomic E-state index is 5.73. The predicted octanol–water partition coefficient (Wildman–Crippen LogP) is 2.24. The summed E-state index contributed by atoms with van der Waals surface area (Å²) < 4.78 is 2.98. The fourth-order valence-electron chi connectivity index (χ4n) is 2.32. The van der Waals surface area contributed by atoms with E-state index in [1.54, 1.807) is 0 Å². The van der Waals surface area contributed by atoms with Crippen LogP contribution in [0.1, 0.15) is 11.1 Å². The fourth-order valence-corrected chi connectivity index (χ4v) is 3.12. The number of aryl methyl sites for hydroxylation is 1. The van der Waals surface area contributed by atoms with Crippen molar-refractivity contribution < 1.29 is 0 Å². The van der Waals surface area contributed by atoms with Crippen LogP contribution < -0.4 is 5.73 Å². The van der Waals surface area contributed by atoms with Gasteiger partial charge in [0.05, 0.1) is 16.4 Å². The fraction of sp³-hybridized carbons (Fsp3) is 0.286. The number of benzene rings is 1. The number of nitrogen functional groups attached to an aromatic ring is 1. The molecule has 0 aliphatic rings. The molecule has 0 unspecified atom stereocenters. The molecule has 0 saturated heterocycles. The Morgan fingerprint density at radius 2 is 2.10 bits per heavy atom. The van der Waals surface area contributed by atoms with Crippen LogP contribution in [0.2, 0.25) is 0 Å². The summed E-state index contributed by atoms with van der Waals surface area (Å²) in [6.45, 7) is 1.78. The second-order valence-electron chi connectivity index (χ2n) is 5.05. The van der Waals surface area contributed by atoms with E-state index in [1.165, 1.54) is 22.5 Å². The third-order valence-corrected chi connectivity index (χ3v) is 3.98. The molecule has 3 aromatic rings. The van der Waals surface area contributed by atoms with Gasteiger partial charge in [-0.2, -0.15) is 5.10 Å². The van der Waals surface area contributed by atoms with Crippen molar-refractivity contribution in [3.63, 3.8) is 0 Å². The number of nitrogens with zero attached hydrogens (tertiary/aromatic N) is 4. The second kappa shape index (κ2) is 5.22. The highest BCUT2D eigenvalue weighted by molar-refractivity contribution is 7.22. The second-order valence-corrected chi connectivity index (χ2v) is 6.11. The normalized spacial score (nSPS) is 11.6. The monoisotopic (exact) mass is 287 g/mol. The number of hydrogen-bond donors (Lipinski definition) is 1. The summed E-state index contributed by atoms with van der Waals surface area (Å²) in [6.07, 6.45) is 3.95. The summed E-state index contributed by atoms with van der Waals surface area (Å²) in [5.41, 5.74) is 9.20. The molecule has 2 N–H and O–H groups in total. The Labute approximate surface area is 121 Å². The summed E-state index contributed by atoms with van der Waals surface area (Å²) in [5.74, 6) is 0. The molecular formula is C14H17N5S. The van der Waals surface area contributed by atoms with Crippen molar-refractivity contribution in [3.05, 3.63) is 41.7 Å². The summed E-state index contributed by atoms with van der Waals surface area (Å²) in [6, 6.07) is 6.32. The molecule has 0 amide bonds. The van der Waals surface area contributed by atoms with E-state index in [9.17, 15) is 0 Å². The lowest BCUT2D eigenvalue weighted by molar-refractivity contribution is 0.319. The SMILES string of the molecule is CN(Cc1ccc2nc(N)sc2c1)Cc1cnn(C)c1. The number of anilines is 1. The number of nitrogens with two attached hydrogens (primary N) is 1. The first-order valence-corrected chi connectivity index (χ1v) is 7.23. The molecule has 0 fully saturated rings. The molecule has 0 aliphatic heterocycles. The van der Waals surface area contributed by atoms with Gasteiger partial charge < -0.3 is 5.73 Å². The molecule has 2 aromatic heterocycles. The minimum absolute atomic E-state index is 0.626. The van der Waals surface area contributed by atoms with Gasteiger partial charge >= 0.3 is 0 Å². The molecule has 0 atom stereocenters. The largest absolute Gasteiger partial charge is 0.375 e. The van der Waals surface area contributed by atoms with Gasteiger partial charge in [0.25, 0.3) is 0 Å². The number of aromatic nitrogens is 3. The van der Waals surface area contributed by atoms with Crippen LogP contribution in [0.3, 0.4) is 0 Å². The van der Waals surface area contributed by atoms with Gasteiger partial charge in [0.1, 0.15) is 0 Å². The lowest BCUT2D eigenvalue weighted by Crippen LogP contribution is -2.16. The van der Waals surface area contributed by atoms with Crippen LogP contribution in [0.4, 0.5) is 5.13 Å². The molecule has 3 rings (SSSR count). The number of thiazole rings is 1. The third kappa shape index (κ3) is 2.81. The summed E-state index contributed by atoms with van der Waals surface area (Å²) in [5, 5.41) is 4.82. The van der Waals surface area contributed by atoms with Crippen LogP contribution in [-0.2, 0) is 20.1 Å². The van der Waals surface area contributed by atoms with Crippen molar-refractivity contribution in [1.29, 1.82) is 0 Å². The van der Waals surface area contributed by atoms with Gasteiger partial charge in [0, 0.05) is 31.9 Å². The van der Waals surface area contributed by atoms with E-state index in [-0.39, 0.29) is 0 Å². The first kappa shape index (κ1) is 13.1. The van der Waals surface area contributed by atoms with E-state index in [4.69, 9.17) is 5.73 Å². The van der Waals surface area contributed by atoms with Crippen LogP contribution in [0.15, 0.2) is 30.6 Å². The maximum absolute atomic E-state index is 5.73. The van der Waals surface area contributed by atoms with Crippen LogP contribution in [0.5, 0.6) is 0 Å². The zero-order valence-electron chi connectivity index (χ0n) is 11.6. The zero-order chi connectivity index (χ0) is 14.1. The Hall–Kier alpha value is -1.92. The third-order valence-electron chi connectivity index (χ3n) is 3.13. The summed E-state index contributed by atoms with van der Waals surface area (Å²) >= 11 is 1.54. The summed E-state index contributed by atoms with van der Waals surface area (Å²) in [4.78, 5) is 6.54. The Morgan fingerprint density at radius 1 is 1.30 bits per heavy atom. The van der Waals surface area contributed by atoms with Crippen LogP contribution in [-0.4, -0.2) is 26.7 Å². The topological polar surface area (TPSA) is 60.0 Å².